The molecule has 0 bridgehead atoms. The van der Waals surface area contributed by atoms with Crippen LogP contribution in [0.15, 0.2) is 50.6 Å². The van der Waals surface area contributed by atoms with Gasteiger partial charge in [-0.05, 0) is 43.8 Å². The van der Waals surface area contributed by atoms with E-state index in [0.717, 1.165) is 10.0 Å². The van der Waals surface area contributed by atoms with Gasteiger partial charge in [0.2, 0.25) is 0 Å². The molecule has 1 unspecified atom stereocenters. The minimum Gasteiger partial charge on any atom is -0.360 e. The van der Waals surface area contributed by atoms with Crippen molar-refractivity contribution < 1.29 is 9.32 Å². The van der Waals surface area contributed by atoms with Gasteiger partial charge in [-0.25, -0.2) is 0 Å². The number of amides is 1. The molecule has 1 amide bonds. The minimum atomic E-state index is -0.347. The summed E-state index contributed by atoms with van der Waals surface area (Å²) in [5, 5.41) is 13.2. The predicted octanol–water partition coefficient (Wildman–Crippen LogP) is 3.18. The molecule has 3 N–H and O–H groups in total. The van der Waals surface area contributed by atoms with E-state index in [0.29, 0.717) is 28.0 Å². The number of rotatable bonds is 3. The lowest BCUT2D eigenvalue weighted by molar-refractivity contribution is -0.113. The Morgan fingerprint density at radius 3 is 2.67 bits per heavy atom. The number of anilines is 1. The zero-order valence-electron chi connectivity index (χ0n) is 13.0. The van der Waals surface area contributed by atoms with E-state index >= 15 is 0 Å². The van der Waals surface area contributed by atoms with Crippen LogP contribution in [0.4, 0.5) is 5.82 Å². The standard InChI is InChI=1S/C16H15BrN4O2S/c1-8-7-12(21-23-8)19-15(22)13-9(2)18-16(24)20-14(13)10-3-5-11(17)6-4-10/h3-7,14H,1-2H3,(H2,18,20,24)(H,19,21,22). The second-order valence-corrected chi connectivity index (χ2v) is 6.72. The third-order valence-electron chi connectivity index (χ3n) is 3.59. The maximum Gasteiger partial charge on any atom is 0.257 e. The van der Waals surface area contributed by atoms with Crippen molar-refractivity contribution in [2.24, 2.45) is 0 Å². The summed E-state index contributed by atoms with van der Waals surface area (Å²) in [6.45, 7) is 3.59. The first kappa shape index (κ1) is 16.7. The smallest absolute Gasteiger partial charge is 0.257 e. The molecule has 8 heteroatoms. The number of carbonyl (C=O) groups excluding carboxylic acids is 1. The Balaban J connectivity index is 1.94. The van der Waals surface area contributed by atoms with E-state index in [-0.39, 0.29) is 11.9 Å². The Labute approximate surface area is 152 Å². The highest BCUT2D eigenvalue weighted by atomic mass is 79.9. The molecular formula is C16H15BrN4O2S. The number of hydrogen-bond donors (Lipinski definition) is 3. The number of thiocarbonyl (C=S) groups is 1. The number of hydrogen-bond acceptors (Lipinski definition) is 4. The van der Waals surface area contributed by atoms with Gasteiger partial charge in [-0.3, -0.25) is 4.79 Å². The molecular weight excluding hydrogens is 392 g/mol. The molecule has 0 fully saturated rings. The first-order valence-electron chi connectivity index (χ1n) is 7.22. The van der Waals surface area contributed by atoms with Gasteiger partial charge in [0.05, 0.1) is 11.6 Å². The Morgan fingerprint density at radius 1 is 1.33 bits per heavy atom. The second kappa shape index (κ2) is 6.74. The predicted molar refractivity (Wildman–Crippen MR) is 98.3 cm³/mol. The molecule has 0 aliphatic carbocycles. The van der Waals surface area contributed by atoms with Gasteiger partial charge in [-0.1, -0.05) is 33.2 Å². The normalized spacial score (nSPS) is 17.3. The van der Waals surface area contributed by atoms with Crippen molar-refractivity contribution in [3.8, 4) is 0 Å². The van der Waals surface area contributed by atoms with Crippen LogP contribution < -0.4 is 16.0 Å². The van der Waals surface area contributed by atoms with Crippen molar-refractivity contribution in [3.63, 3.8) is 0 Å². The second-order valence-electron chi connectivity index (χ2n) is 5.40. The summed E-state index contributed by atoms with van der Waals surface area (Å²) in [6.07, 6.45) is 0. The third kappa shape index (κ3) is 3.49. The number of carbonyl (C=O) groups is 1. The van der Waals surface area contributed by atoms with Crippen LogP contribution in [0, 0.1) is 6.92 Å². The van der Waals surface area contributed by atoms with Crippen molar-refractivity contribution in [2.45, 2.75) is 19.9 Å². The molecule has 24 heavy (non-hydrogen) atoms. The lowest BCUT2D eigenvalue weighted by Crippen LogP contribution is -2.45. The van der Waals surface area contributed by atoms with Crippen LogP contribution in [0.1, 0.15) is 24.3 Å². The van der Waals surface area contributed by atoms with E-state index < -0.39 is 0 Å². The average molecular weight is 407 g/mol. The average Bonchev–Trinajstić information content (AvgIpc) is 2.92. The molecule has 2 aromatic rings. The maximum absolute atomic E-state index is 12.8. The van der Waals surface area contributed by atoms with Gasteiger partial charge in [0.15, 0.2) is 10.9 Å². The number of aromatic nitrogens is 1. The summed E-state index contributed by atoms with van der Waals surface area (Å²) >= 11 is 8.65. The largest absolute Gasteiger partial charge is 0.360 e. The summed E-state index contributed by atoms with van der Waals surface area (Å²) in [5.74, 6) is 0.734. The van der Waals surface area contributed by atoms with Crippen molar-refractivity contribution in [1.82, 2.24) is 15.8 Å². The summed E-state index contributed by atoms with van der Waals surface area (Å²) in [4.78, 5) is 12.8. The van der Waals surface area contributed by atoms with Crippen molar-refractivity contribution in [1.29, 1.82) is 0 Å². The van der Waals surface area contributed by atoms with Crippen LogP contribution in [0.25, 0.3) is 0 Å². The fourth-order valence-electron chi connectivity index (χ4n) is 2.51. The molecule has 124 valence electrons. The number of allylic oxidation sites excluding steroid dienone is 1. The molecule has 0 spiro atoms. The van der Waals surface area contributed by atoms with Gasteiger partial charge in [0, 0.05) is 16.2 Å². The van der Waals surface area contributed by atoms with Gasteiger partial charge in [-0.15, -0.1) is 0 Å². The Bertz CT molecular complexity index is 829. The van der Waals surface area contributed by atoms with Gasteiger partial charge >= 0.3 is 0 Å². The van der Waals surface area contributed by atoms with Crippen LogP contribution in [0.2, 0.25) is 0 Å². The van der Waals surface area contributed by atoms with E-state index in [1.54, 1.807) is 13.0 Å². The Kier molecular flexibility index (Phi) is 4.68. The highest BCUT2D eigenvalue weighted by molar-refractivity contribution is 9.10. The highest BCUT2D eigenvalue weighted by Gasteiger charge is 2.30. The SMILES string of the molecule is CC1=C(C(=O)Nc2cc(C)on2)C(c2ccc(Br)cc2)NC(=S)N1. The molecule has 1 atom stereocenters. The van der Waals surface area contributed by atoms with Crippen molar-refractivity contribution >= 4 is 45.0 Å². The van der Waals surface area contributed by atoms with Crippen molar-refractivity contribution in [2.75, 3.05) is 5.32 Å². The van der Waals surface area contributed by atoms with Crippen LogP contribution in [0.5, 0.6) is 0 Å². The monoisotopic (exact) mass is 406 g/mol. The molecule has 1 aliphatic heterocycles. The summed E-state index contributed by atoms with van der Waals surface area (Å²) in [7, 11) is 0. The van der Waals surface area contributed by atoms with Crippen LogP contribution in [-0.2, 0) is 4.79 Å². The van der Waals surface area contributed by atoms with Crippen LogP contribution in [0.3, 0.4) is 0 Å². The lowest BCUT2D eigenvalue weighted by Gasteiger charge is -2.30. The van der Waals surface area contributed by atoms with E-state index in [1.807, 2.05) is 31.2 Å². The fourth-order valence-corrected chi connectivity index (χ4v) is 3.04. The topological polar surface area (TPSA) is 79.2 Å². The number of nitrogens with zero attached hydrogens (tertiary/aromatic N) is 1. The molecule has 2 heterocycles. The molecule has 6 nitrogen and oxygen atoms in total. The molecule has 3 rings (SSSR count). The Morgan fingerprint density at radius 2 is 2.04 bits per heavy atom. The van der Waals surface area contributed by atoms with Gasteiger partial charge in [0.25, 0.3) is 5.91 Å². The van der Waals surface area contributed by atoms with E-state index in [1.165, 1.54) is 0 Å². The van der Waals surface area contributed by atoms with Crippen molar-refractivity contribution in [3.05, 3.63) is 57.4 Å². The molecule has 0 radical (unpaired) electrons. The molecule has 1 aromatic heterocycles. The summed E-state index contributed by atoms with van der Waals surface area (Å²) in [5.41, 5.74) is 2.18. The molecule has 0 saturated carbocycles. The van der Waals surface area contributed by atoms with E-state index in [2.05, 4.69) is 37.0 Å². The van der Waals surface area contributed by atoms with Crippen LogP contribution in [-0.4, -0.2) is 16.2 Å². The van der Waals surface area contributed by atoms with Crippen LogP contribution >= 0.6 is 28.1 Å². The third-order valence-corrected chi connectivity index (χ3v) is 4.34. The molecule has 1 aromatic carbocycles. The summed E-state index contributed by atoms with van der Waals surface area (Å²) in [6, 6.07) is 9.05. The molecule has 1 aliphatic rings. The van der Waals surface area contributed by atoms with Gasteiger partial charge in [0.1, 0.15) is 5.76 Å². The number of benzene rings is 1. The highest BCUT2D eigenvalue weighted by Crippen LogP contribution is 2.28. The first-order chi connectivity index (χ1) is 11.4. The Hall–Kier alpha value is -2.19. The van der Waals surface area contributed by atoms with Gasteiger partial charge in [-0.2, -0.15) is 0 Å². The number of halogens is 1. The quantitative estimate of drug-likeness (QED) is 0.679. The zero-order chi connectivity index (χ0) is 17.3. The maximum atomic E-state index is 12.8. The minimum absolute atomic E-state index is 0.267. The summed E-state index contributed by atoms with van der Waals surface area (Å²) < 4.78 is 5.95. The number of nitrogens with one attached hydrogen (secondary N) is 3. The molecule has 0 saturated heterocycles. The van der Waals surface area contributed by atoms with E-state index in [9.17, 15) is 4.79 Å². The fraction of sp³-hybridized carbons (Fsp3) is 0.188. The lowest BCUT2D eigenvalue weighted by atomic mass is 9.95. The number of aryl methyl sites for hydroxylation is 1. The zero-order valence-corrected chi connectivity index (χ0v) is 15.4. The van der Waals surface area contributed by atoms with Gasteiger partial charge < -0.3 is 20.5 Å². The van der Waals surface area contributed by atoms with E-state index in [4.69, 9.17) is 16.7 Å². The first-order valence-corrected chi connectivity index (χ1v) is 8.42.